The van der Waals surface area contributed by atoms with E-state index in [1.165, 1.54) is 12.1 Å². The molecule has 3 aliphatic rings. The summed E-state index contributed by atoms with van der Waals surface area (Å²) in [5.74, 6) is -0.556. The lowest BCUT2D eigenvalue weighted by atomic mass is 9.81. The number of anilines is 1. The maximum atomic E-state index is 14.0. The van der Waals surface area contributed by atoms with Gasteiger partial charge in [0.25, 0.3) is 5.91 Å². The largest absolute Gasteiger partial charge is 0.416 e. The minimum absolute atomic E-state index is 0.0396. The van der Waals surface area contributed by atoms with E-state index in [-0.39, 0.29) is 41.4 Å². The van der Waals surface area contributed by atoms with E-state index in [1.807, 2.05) is 23.1 Å². The number of amides is 2. The molecule has 2 fully saturated rings. The van der Waals surface area contributed by atoms with Crippen molar-refractivity contribution in [2.75, 3.05) is 25.6 Å². The molecule has 6 nitrogen and oxygen atoms in total. The normalized spacial score (nSPS) is 27.1. The number of carbonyl (C=O) groups excluding carboxylic acids is 2. The maximum absolute atomic E-state index is 14.0. The van der Waals surface area contributed by atoms with E-state index in [1.54, 1.807) is 7.11 Å². The molecule has 0 spiro atoms. The van der Waals surface area contributed by atoms with Crippen molar-refractivity contribution in [1.82, 2.24) is 10.2 Å². The molecular weight excluding hydrogens is 483 g/mol. The van der Waals surface area contributed by atoms with Crippen molar-refractivity contribution in [3.05, 3.63) is 65.2 Å². The molecule has 2 aromatic rings. The number of nitrogens with one attached hydrogen (secondary N) is 2. The quantitative estimate of drug-likeness (QED) is 0.587. The molecule has 2 aliphatic heterocycles. The molecule has 5 rings (SSSR count). The van der Waals surface area contributed by atoms with Crippen LogP contribution in [0.1, 0.15) is 59.6 Å². The Balaban J connectivity index is 1.34. The Hall–Kier alpha value is -3.07. The second-order valence-corrected chi connectivity index (χ2v) is 10.3. The number of hydrogen-bond donors (Lipinski definition) is 2. The molecule has 1 aliphatic carbocycles. The van der Waals surface area contributed by atoms with Crippen molar-refractivity contribution in [2.24, 2.45) is 11.8 Å². The highest BCUT2D eigenvalue weighted by Gasteiger charge is 2.48. The van der Waals surface area contributed by atoms with Crippen LogP contribution in [0, 0.1) is 11.8 Å². The summed E-state index contributed by atoms with van der Waals surface area (Å²) in [4.78, 5) is 28.9. The molecule has 1 saturated heterocycles. The van der Waals surface area contributed by atoms with Crippen molar-refractivity contribution in [1.29, 1.82) is 0 Å². The molecule has 37 heavy (non-hydrogen) atoms. The molecular formula is C28H32F3N3O3. The fourth-order valence-corrected chi connectivity index (χ4v) is 6.30. The molecule has 2 N–H and O–H groups in total. The number of ether oxygens (including phenoxy) is 1. The molecule has 2 heterocycles. The van der Waals surface area contributed by atoms with Crippen LogP contribution in [0.5, 0.6) is 0 Å². The topological polar surface area (TPSA) is 70.7 Å². The highest BCUT2D eigenvalue weighted by molar-refractivity contribution is 5.95. The summed E-state index contributed by atoms with van der Waals surface area (Å²) in [5, 5.41) is 6.55. The number of alkyl halides is 3. The highest BCUT2D eigenvalue weighted by atomic mass is 19.4. The van der Waals surface area contributed by atoms with Gasteiger partial charge in [-0.05, 0) is 55.2 Å². The third kappa shape index (κ3) is 5.06. The predicted octanol–water partition coefficient (Wildman–Crippen LogP) is 5.02. The molecule has 0 aromatic heterocycles. The Labute approximate surface area is 214 Å². The Bertz CT molecular complexity index is 1140. The Kier molecular flexibility index (Phi) is 7.16. The number of fused-ring (bicyclic) bond motifs is 3. The van der Waals surface area contributed by atoms with E-state index in [0.29, 0.717) is 26.0 Å². The maximum Gasteiger partial charge on any atom is 0.416 e. The number of carbonyl (C=O) groups is 2. The van der Waals surface area contributed by atoms with Crippen LogP contribution in [-0.2, 0) is 15.7 Å². The monoisotopic (exact) mass is 515 g/mol. The van der Waals surface area contributed by atoms with Gasteiger partial charge in [-0.25, -0.2) is 0 Å². The zero-order valence-electron chi connectivity index (χ0n) is 20.8. The molecule has 2 aromatic carbocycles. The standard InChI is InChI=1S/C28H32F3N3O3/c1-37-16-24-20-14-15-34(25(20)19-6-2-4-8-22(19)32-24)27(36)21-7-3-5-9-23(21)33-26(35)17-10-12-18(13-11-17)28(29,30)31/h2,4,6,8,10-13,20-21,23-25,32H,3,5,7,9,14-16H2,1H3,(H,33,35)/t20-,21?,23+,24-,25-/m0/s1. The number of benzene rings is 2. The molecule has 0 bridgehead atoms. The lowest BCUT2D eigenvalue weighted by molar-refractivity contribution is -0.139. The number of rotatable bonds is 5. The van der Waals surface area contributed by atoms with Gasteiger partial charge in [0.2, 0.25) is 5.91 Å². The summed E-state index contributed by atoms with van der Waals surface area (Å²) in [6.07, 6.45) is -0.479. The summed E-state index contributed by atoms with van der Waals surface area (Å²) in [5.41, 5.74) is 1.47. The first-order valence-electron chi connectivity index (χ1n) is 12.9. The zero-order valence-corrected chi connectivity index (χ0v) is 20.8. The van der Waals surface area contributed by atoms with Gasteiger partial charge in [0.05, 0.1) is 30.2 Å². The summed E-state index contributed by atoms with van der Waals surface area (Å²) in [7, 11) is 1.68. The van der Waals surface area contributed by atoms with Crippen molar-refractivity contribution in [2.45, 2.75) is 56.4 Å². The van der Waals surface area contributed by atoms with E-state index in [2.05, 4.69) is 16.7 Å². The first-order valence-corrected chi connectivity index (χ1v) is 12.9. The second kappa shape index (κ2) is 10.4. The molecule has 1 unspecified atom stereocenters. The molecule has 2 amide bonds. The predicted molar refractivity (Wildman–Crippen MR) is 133 cm³/mol. The number of halogens is 3. The minimum atomic E-state index is -4.46. The Morgan fingerprint density at radius 3 is 2.51 bits per heavy atom. The van der Waals surface area contributed by atoms with Gasteiger partial charge in [-0.1, -0.05) is 31.0 Å². The van der Waals surface area contributed by atoms with Gasteiger partial charge in [0.15, 0.2) is 0 Å². The smallest absolute Gasteiger partial charge is 0.383 e. The van der Waals surface area contributed by atoms with Gasteiger partial charge in [0.1, 0.15) is 0 Å². The highest BCUT2D eigenvalue weighted by Crippen LogP contribution is 2.47. The van der Waals surface area contributed by atoms with E-state index in [0.717, 1.165) is 42.6 Å². The van der Waals surface area contributed by atoms with Crippen molar-refractivity contribution < 1.29 is 27.5 Å². The van der Waals surface area contributed by atoms with Crippen LogP contribution in [-0.4, -0.2) is 49.1 Å². The van der Waals surface area contributed by atoms with Crippen LogP contribution in [0.4, 0.5) is 18.9 Å². The van der Waals surface area contributed by atoms with E-state index in [4.69, 9.17) is 4.74 Å². The summed E-state index contributed by atoms with van der Waals surface area (Å²) >= 11 is 0. The summed E-state index contributed by atoms with van der Waals surface area (Å²) < 4.78 is 44.2. The average molecular weight is 516 g/mol. The first-order chi connectivity index (χ1) is 17.8. The fraction of sp³-hybridized carbons (Fsp3) is 0.500. The van der Waals surface area contributed by atoms with Crippen molar-refractivity contribution >= 4 is 17.5 Å². The molecule has 198 valence electrons. The third-order valence-electron chi connectivity index (χ3n) is 8.09. The zero-order chi connectivity index (χ0) is 26.2. The van der Waals surface area contributed by atoms with Crippen molar-refractivity contribution in [3.63, 3.8) is 0 Å². The van der Waals surface area contributed by atoms with E-state index in [9.17, 15) is 22.8 Å². The number of methoxy groups -OCH3 is 1. The van der Waals surface area contributed by atoms with Gasteiger partial charge < -0.3 is 20.3 Å². The Morgan fingerprint density at radius 1 is 1.05 bits per heavy atom. The molecule has 9 heteroatoms. The van der Waals surface area contributed by atoms with Gasteiger partial charge in [-0.15, -0.1) is 0 Å². The number of nitrogens with zero attached hydrogens (tertiary/aromatic N) is 1. The van der Waals surface area contributed by atoms with E-state index < -0.39 is 17.6 Å². The molecule has 5 atom stereocenters. The van der Waals surface area contributed by atoms with Crippen LogP contribution >= 0.6 is 0 Å². The number of para-hydroxylation sites is 1. The van der Waals surface area contributed by atoms with Gasteiger partial charge in [-0.3, -0.25) is 9.59 Å². The lowest BCUT2D eigenvalue weighted by Gasteiger charge is -2.41. The third-order valence-corrected chi connectivity index (χ3v) is 8.09. The van der Waals surface area contributed by atoms with Crippen molar-refractivity contribution in [3.8, 4) is 0 Å². The number of likely N-dealkylation sites (tertiary alicyclic amines) is 1. The van der Waals surface area contributed by atoms with Crippen LogP contribution in [0.3, 0.4) is 0 Å². The molecule has 1 saturated carbocycles. The van der Waals surface area contributed by atoms with Crippen LogP contribution in [0.25, 0.3) is 0 Å². The minimum Gasteiger partial charge on any atom is -0.383 e. The van der Waals surface area contributed by atoms with Crippen LogP contribution in [0.2, 0.25) is 0 Å². The van der Waals surface area contributed by atoms with Gasteiger partial charge in [-0.2, -0.15) is 13.2 Å². The first kappa shape index (κ1) is 25.6. The summed E-state index contributed by atoms with van der Waals surface area (Å²) in [6.45, 7) is 1.19. The van der Waals surface area contributed by atoms with Crippen LogP contribution in [0.15, 0.2) is 48.5 Å². The molecule has 0 radical (unpaired) electrons. The van der Waals surface area contributed by atoms with Gasteiger partial charge >= 0.3 is 6.18 Å². The Morgan fingerprint density at radius 2 is 1.78 bits per heavy atom. The van der Waals surface area contributed by atoms with Crippen LogP contribution < -0.4 is 10.6 Å². The SMILES string of the molecule is COC[C@@H]1Nc2ccccc2[C@H]2[C@H]1CCN2C(=O)C1CCCC[C@H]1NC(=O)c1ccc(C(F)(F)F)cc1. The summed E-state index contributed by atoms with van der Waals surface area (Å²) in [6, 6.07) is 11.9. The fourth-order valence-electron chi connectivity index (χ4n) is 6.30. The second-order valence-electron chi connectivity index (χ2n) is 10.3. The average Bonchev–Trinajstić information content (AvgIpc) is 3.34. The van der Waals surface area contributed by atoms with E-state index >= 15 is 0 Å². The lowest BCUT2D eigenvalue weighted by Crippen LogP contribution is -2.50. The number of hydrogen-bond acceptors (Lipinski definition) is 4. The van der Waals surface area contributed by atoms with Gasteiger partial charge in [0, 0.05) is 36.9 Å².